The van der Waals surface area contributed by atoms with Crippen LogP contribution in [-0.2, 0) is 20.8 Å². The third-order valence-electron chi connectivity index (χ3n) is 2.80. The topological polar surface area (TPSA) is 70.4 Å². The number of methoxy groups -OCH3 is 1. The summed E-state index contributed by atoms with van der Waals surface area (Å²) < 4.78 is 11.1. The molecule has 20 heavy (non-hydrogen) atoms. The first-order chi connectivity index (χ1) is 9.52. The lowest BCUT2D eigenvalue weighted by atomic mass is 10.3. The van der Waals surface area contributed by atoms with E-state index in [4.69, 9.17) is 9.47 Å². The zero-order valence-electron chi connectivity index (χ0n) is 11.6. The van der Waals surface area contributed by atoms with E-state index in [9.17, 15) is 9.59 Å². The van der Waals surface area contributed by atoms with Gasteiger partial charge in [0.15, 0.2) is 0 Å². The summed E-state index contributed by atoms with van der Waals surface area (Å²) in [7, 11) is 1.53. The van der Waals surface area contributed by atoms with Crippen LogP contribution in [0.3, 0.4) is 0 Å². The van der Waals surface area contributed by atoms with Crippen molar-refractivity contribution in [2.45, 2.75) is 20.4 Å². The first-order valence-corrected chi connectivity index (χ1v) is 6.96. The molecule has 0 radical (unpaired) electrons. The van der Waals surface area contributed by atoms with Crippen molar-refractivity contribution in [2.75, 3.05) is 20.3 Å². The van der Waals surface area contributed by atoms with Gasteiger partial charge in [-0.05, 0) is 19.9 Å². The Hall–Kier alpha value is -1.73. The van der Waals surface area contributed by atoms with Crippen molar-refractivity contribution in [3.8, 4) is 0 Å². The lowest BCUT2D eigenvalue weighted by Gasteiger charge is -2.09. The molecule has 0 aromatic carbocycles. The molecule has 0 atom stereocenters. The van der Waals surface area contributed by atoms with Gasteiger partial charge in [0.1, 0.15) is 23.8 Å². The zero-order valence-corrected chi connectivity index (χ0v) is 12.5. The Bertz CT molecular complexity index is 689. The maximum atomic E-state index is 12.3. The van der Waals surface area contributed by atoms with Gasteiger partial charge < -0.3 is 9.47 Å². The van der Waals surface area contributed by atoms with E-state index >= 15 is 0 Å². The second-order valence-corrected chi connectivity index (χ2v) is 5.57. The van der Waals surface area contributed by atoms with Crippen molar-refractivity contribution in [1.82, 2.24) is 9.55 Å². The van der Waals surface area contributed by atoms with Gasteiger partial charge in [0, 0.05) is 12.0 Å². The molecule has 2 heterocycles. The lowest BCUT2D eigenvalue weighted by molar-refractivity contribution is -0.145. The number of ether oxygens (including phenoxy) is 2. The highest BCUT2D eigenvalue weighted by molar-refractivity contribution is 7.18. The van der Waals surface area contributed by atoms with E-state index in [0.717, 1.165) is 4.88 Å². The smallest absolute Gasteiger partial charge is 0.326 e. The van der Waals surface area contributed by atoms with Crippen LogP contribution in [0.25, 0.3) is 10.2 Å². The van der Waals surface area contributed by atoms with E-state index in [1.54, 1.807) is 13.0 Å². The number of aromatic nitrogens is 2. The number of rotatable bonds is 5. The van der Waals surface area contributed by atoms with Gasteiger partial charge in [-0.3, -0.25) is 14.2 Å². The van der Waals surface area contributed by atoms with Crippen molar-refractivity contribution in [2.24, 2.45) is 0 Å². The van der Waals surface area contributed by atoms with Gasteiger partial charge in [-0.15, -0.1) is 11.3 Å². The number of carbonyl (C=O) groups excluding carboxylic acids is 1. The van der Waals surface area contributed by atoms with E-state index < -0.39 is 5.97 Å². The molecule has 2 aromatic rings. The zero-order chi connectivity index (χ0) is 14.7. The molecule has 0 saturated carbocycles. The van der Waals surface area contributed by atoms with Crippen LogP contribution >= 0.6 is 11.3 Å². The molecule has 2 rings (SSSR count). The molecular weight excluding hydrogens is 280 g/mol. The molecule has 0 unspecified atom stereocenters. The molecule has 0 spiro atoms. The van der Waals surface area contributed by atoms with E-state index in [1.165, 1.54) is 23.0 Å². The predicted octanol–water partition coefficient (Wildman–Crippen LogP) is 1.26. The van der Waals surface area contributed by atoms with Crippen molar-refractivity contribution in [3.63, 3.8) is 0 Å². The Balaban J connectivity index is 2.25. The van der Waals surface area contributed by atoms with Crippen molar-refractivity contribution in [1.29, 1.82) is 0 Å². The average Bonchev–Trinajstić information content (AvgIpc) is 2.75. The van der Waals surface area contributed by atoms with Crippen LogP contribution in [0, 0.1) is 13.8 Å². The molecular formula is C13H16N2O4S. The van der Waals surface area contributed by atoms with Crippen LogP contribution in [0.2, 0.25) is 0 Å². The van der Waals surface area contributed by atoms with Gasteiger partial charge >= 0.3 is 5.97 Å². The minimum atomic E-state index is -0.472. The highest BCUT2D eigenvalue weighted by atomic mass is 32.1. The minimum absolute atomic E-state index is 0.133. The maximum absolute atomic E-state index is 12.3. The maximum Gasteiger partial charge on any atom is 0.326 e. The second kappa shape index (κ2) is 6.15. The Morgan fingerprint density at radius 2 is 2.15 bits per heavy atom. The summed E-state index contributed by atoms with van der Waals surface area (Å²) in [6.45, 7) is 4.01. The summed E-state index contributed by atoms with van der Waals surface area (Å²) in [5.74, 6) is 0.0355. The molecule has 0 saturated heterocycles. The molecule has 2 aromatic heterocycles. The quantitative estimate of drug-likeness (QED) is 0.614. The minimum Gasteiger partial charge on any atom is -0.462 e. The molecule has 0 aliphatic rings. The van der Waals surface area contributed by atoms with Crippen LogP contribution in [-0.4, -0.2) is 35.8 Å². The number of fused-ring (bicyclic) bond motifs is 1. The SMILES string of the molecule is COCCOC(=O)Cn1c(C)nc2sc(C)cc2c1=O. The molecule has 0 aliphatic carbocycles. The Morgan fingerprint density at radius 3 is 2.85 bits per heavy atom. The molecule has 7 heteroatoms. The molecule has 0 bridgehead atoms. The fourth-order valence-corrected chi connectivity index (χ4v) is 2.75. The summed E-state index contributed by atoms with van der Waals surface area (Å²) in [4.78, 5) is 30.1. The summed E-state index contributed by atoms with van der Waals surface area (Å²) in [5.41, 5.74) is -0.208. The highest BCUT2D eigenvalue weighted by Gasteiger charge is 2.13. The Kier molecular flexibility index (Phi) is 4.51. The van der Waals surface area contributed by atoms with Crippen molar-refractivity contribution in [3.05, 3.63) is 27.1 Å². The van der Waals surface area contributed by atoms with Gasteiger partial charge in [0.2, 0.25) is 0 Å². The second-order valence-electron chi connectivity index (χ2n) is 4.34. The molecule has 6 nitrogen and oxygen atoms in total. The largest absolute Gasteiger partial charge is 0.462 e. The molecule has 108 valence electrons. The Labute approximate surface area is 120 Å². The first kappa shape index (κ1) is 14.7. The van der Waals surface area contributed by atoms with Gasteiger partial charge in [0.25, 0.3) is 5.56 Å². The summed E-state index contributed by atoms with van der Waals surface area (Å²) >= 11 is 1.47. The third-order valence-corrected chi connectivity index (χ3v) is 3.75. The normalized spacial score (nSPS) is 10.9. The highest BCUT2D eigenvalue weighted by Crippen LogP contribution is 2.20. The number of thiophene rings is 1. The van der Waals surface area contributed by atoms with Gasteiger partial charge in [0.05, 0.1) is 12.0 Å². The van der Waals surface area contributed by atoms with Crippen LogP contribution < -0.4 is 5.56 Å². The van der Waals surface area contributed by atoms with E-state index in [-0.39, 0.29) is 18.7 Å². The number of nitrogens with zero attached hydrogens (tertiary/aromatic N) is 2. The molecule has 0 N–H and O–H groups in total. The Morgan fingerprint density at radius 1 is 1.40 bits per heavy atom. The number of carbonyl (C=O) groups is 1. The standard InChI is InChI=1S/C13H16N2O4S/c1-8-6-10-12(20-8)14-9(2)15(13(10)17)7-11(16)19-5-4-18-3/h6H,4-5,7H2,1-3H3. The summed E-state index contributed by atoms with van der Waals surface area (Å²) in [5, 5.41) is 0.544. The average molecular weight is 296 g/mol. The number of hydrogen-bond acceptors (Lipinski definition) is 6. The van der Waals surface area contributed by atoms with E-state index in [0.29, 0.717) is 22.6 Å². The van der Waals surface area contributed by atoms with E-state index in [2.05, 4.69) is 4.98 Å². The van der Waals surface area contributed by atoms with Crippen LogP contribution in [0.15, 0.2) is 10.9 Å². The van der Waals surface area contributed by atoms with Crippen LogP contribution in [0.1, 0.15) is 10.7 Å². The molecule has 0 amide bonds. The summed E-state index contributed by atoms with van der Waals surface area (Å²) in [6, 6.07) is 1.79. The van der Waals surface area contributed by atoms with Crippen LogP contribution in [0.4, 0.5) is 0 Å². The number of hydrogen-bond donors (Lipinski definition) is 0. The number of esters is 1. The fraction of sp³-hybridized carbons (Fsp3) is 0.462. The summed E-state index contributed by atoms with van der Waals surface area (Å²) in [6.07, 6.45) is 0. The van der Waals surface area contributed by atoms with Gasteiger partial charge in [-0.2, -0.15) is 0 Å². The first-order valence-electron chi connectivity index (χ1n) is 6.15. The lowest BCUT2D eigenvalue weighted by Crippen LogP contribution is -2.28. The third kappa shape index (κ3) is 3.05. The molecule has 0 aliphatic heterocycles. The van der Waals surface area contributed by atoms with Crippen molar-refractivity contribution >= 4 is 27.5 Å². The number of aryl methyl sites for hydroxylation is 2. The predicted molar refractivity (Wildman–Crippen MR) is 76.2 cm³/mol. The monoisotopic (exact) mass is 296 g/mol. The van der Waals surface area contributed by atoms with Gasteiger partial charge in [-0.25, -0.2) is 4.98 Å². The molecule has 0 fully saturated rings. The fourth-order valence-electron chi connectivity index (χ4n) is 1.84. The van der Waals surface area contributed by atoms with E-state index in [1.807, 2.05) is 6.92 Å². The van der Waals surface area contributed by atoms with Gasteiger partial charge in [-0.1, -0.05) is 0 Å². The van der Waals surface area contributed by atoms with Crippen LogP contribution in [0.5, 0.6) is 0 Å². The van der Waals surface area contributed by atoms with Crippen molar-refractivity contribution < 1.29 is 14.3 Å².